The van der Waals surface area contributed by atoms with Gasteiger partial charge in [-0.25, -0.2) is 0 Å². The highest BCUT2D eigenvalue weighted by atomic mass is 16.5. The molecule has 3 heteroatoms. The summed E-state index contributed by atoms with van der Waals surface area (Å²) in [5, 5.41) is 0. The van der Waals surface area contributed by atoms with Crippen LogP contribution in [0.4, 0.5) is 5.69 Å². The number of aryl methyl sites for hydroxylation is 1. The van der Waals surface area contributed by atoms with Crippen molar-refractivity contribution >= 4 is 5.69 Å². The van der Waals surface area contributed by atoms with E-state index < -0.39 is 0 Å². The molecule has 1 aliphatic rings. The van der Waals surface area contributed by atoms with E-state index in [0.717, 1.165) is 31.9 Å². The Balaban J connectivity index is 2.19. The lowest BCUT2D eigenvalue weighted by Gasteiger charge is -2.33. The number of benzene rings is 1. The van der Waals surface area contributed by atoms with Crippen LogP contribution in [0.3, 0.4) is 0 Å². The van der Waals surface area contributed by atoms with Gasteiger partial charge in [-0.1, -0.05) is 13.0 Å². The van der Waals surface area contributed by atoms with Crippen LogP contribution in [0, 0.1) is 6.92 Å². The van der Waals surface area contributed by atoms with Crippen molar-refractivity contribution in [1.82, 2.24) is 0 Å². The first-order valence-corrected chi connectivity index (χ1v) is 5.94. The van der Waals surface area contributed by atoms with E-state index in [-0.39, 0.29) is 6.04 Å². The first-order chi connectivity index (χ1) is 7.70. The van der Waals surface area contributed by atoms with Crippen LogP contribution in [0.25, 0.3) is 0 Å². The predicted octanol–water partition coefficient (Wildman–Crippen LogP) is 1.93. The number of hydrogen-bond donors (Lipinski definition) is 1. The maximum absolute atomic E-state index is 6.01. The van der Waals surface area contributed by atoms with Crippen molar-refractivity contribution in [2.45, 2.75) is 26.3 Å². The molecule has 0 amide bonds. The molecular weight excluding hydrogens is 200 g/mol. The molecule has 2 N–H and O–H groups in total. The van der Waals surface area contributed by atoms with Gasteiger partial charge in [0.15, 0.2) is 0 Å². The number of anilines is 1. The van der Waals surface area contributed by atoms with Gasteiger partial charge in [0, 0.05) is 12.6 Å². The van der Waals surface area contributed by atoms with E-state index in [9.17, 15) is 0 Å². The van der Waals surface area contributed by atoms with Crippen molar-refractivity contribution < 1.29 is 4.74 Å². The monoisotopic (exact) mass is 220 g/mol. The van der Waals surface area contributed by atoms with E-state index in [2.05, 4.69) is 36.9 Å². The lowest BCUT2D eigenvalue weighted by molar-refractivity contribution is 0.305. The molecule has 88 valence electrons. The maximum Gasteiger partial charge on any atom is 0.142 e. The van der Waals surface area contributed by atoms with E-state index in [1.54, 1.807) is 0 Å². The van der Waals surface area contributed by atoms with E-state index in [1.165, 1.54) is 11.3 Å². The second-order valence-electron chi connectivity index (χ2n) is 4.43. The Kier molecular flexibility index (Phi) is 3.34. The van der Waals surface area contributed by atoms with E-state index in [4.69, 9.17) is 10.5 Å². The van der Waals surface area contributed by atoms with Crippen LogP contribution in [0.15, 0.2) is 18.2 Å². The number of hydrogen-bond acceptors (Lipinski definition) is 3. The van der Waals surface area contributed by atoms with Crippen molar-refractivity contribution in [3.63, 3.8) is 0 Å². The second kappa shape index (κ2) is 4.74. The summed E-state index contributed by atoms with van der Waals surface area (Å²) in [6.45, 7) is 6.81. The third-order valence-electron chi connectivity index (χ3n) is 3.05. The Labute approximate surface area is 97.2 Å². The minimum atomic E-state index is 0.243. The molecule has 0 saturated carbocycles. The Morgan fingerprint density at radius 3 is 3.06 bits per heavy atom. The quantitative estimate of drug-likeness (QED) is 0.846. The van der Waals surface area contributed by atoms with Crippen LogP contribution < -0.4 is 15.4 Å². The lowest BCUT2D eigenvalue weighted by atomic mass is 10.1. The summed E-state index contributed by atoms with van der Waals surface area (Å²) in [5.41, 5.74) is 8.43. The van der Waals surface area contributed by atoms with Gasteiger partial charge < -0.3 is 15.4 Å². The largest absolute Gasteiger partial charge is 0.490 e. The highest BCUT2D eigenvalue weighted by Crippen LogP contribution is 2.32. The van der Waals surface area contributed by atoms with Crippen molar-refractivity contribution in [1.29, 1.82) is 0 Å². The molecule has 0 bridgehead atoms. The molecule has 16 heavy (non-hydrogen) atoms. The Morgan fingerprint density at radius 1 is 1.50 bits per heavy atom. The highest BCUT2D eigenvalue weighted by Gasteiger charge is 2.19. The standard InChI is InChI=1S/C13H20N2O/c1-3-11(14)9-15-6-7-16-13-8-10(2)4-5-12(13)15/h4-5,8,11H,3,6-7,9,14H2,1-2H3. The van der Waals surface area contributed by atoms with Crippen molar-refractivity contribution in [2.24, 2.45) is 5.73 Å². The van der Waals surface area contributed by atoms with Crippen LogP contribution in [-0.4, -0.2) is 25.7 Å². The topological polar surface area (TPSA) is 38.5 Å². The van der Waals surface area contributed by atoms with Crippen LogP contribution in [0.2, 0.25) is 0 Å². The lowest BCUT2D eigenvalue weighted by Crippen LogP contribution is -2.41. The maximum atomic E-state index is 6.01. The molecule has 3 nitrogen and oxygen atoms in total. The van der Waals surface area contributed by atoms with Crippen LogP contribution in [-0.2, 0) is 0 Å². The van der Waals surface area contributed by atoms with Gasteiger partial charge >= 0.3 is 0 Å². The molecule has 0 radical (unpaired) electrons. The molecule has 1 heterocycles. The Morgan fingerprint density at radius 2 is 2.31 bits per heavy atom. The average molecular weight is 220 g/mol. The minimum absolute atomic E-state index is 0.243. The van der Waals surface area contributed by atoms with Crippen LogP contribution in [0.1, 0.15) is 18.9 Å². The third-order valence-corrected chi connectivity index (χ3v) is 3.05. The summed E-state index contributed by atoms with van der Waals surface area (Å²) >= 11 is 0. The second-order valence-corrected chi connectivity index (χ2v) is 4.43. The fourth-order valence-electron chi connectivity index (χ4n) is 1.99. The zero-order valence-electron chi connectivity index (χ0n) is 10.1. The number of nitrogens with zero attached hydrogens (tertiary/aromatic N) is 1. The van der Waals surface area contributed by atoms with Gasteiger partial charge in [-0.05, 0) is 31.0 Å². The molecule has 0 aromatic heterocycles. The van der Waals surface area contributed by atoms with Gasteiger partial charge in [-0.15, -0.1) is 0 Å². The number of nitrogens with two attached hydrogens (primary N) is 1. The summed E-state index contributed by atoms with van der Waals surface area (Å²) in [5.74, 6) is 0.995. The van der Waals surface area contributed by atoms with Crippen molar-refractivity contribution in [3.8, 4) is 5.75 Å². The Hall–Kier alpha value is -1.22. The molecule has 0 spiro atoms. The smallest absolute Gasteiger partial charge is 0.142 e. The van der Waals surface area contributed by atoms with E-state index >= 15 is 0 Å². The fraction of sp³-hybridized carbons (Fsp3) is 0.538. The fourth-order valence-corrected chi connectivity index (χ4v) is 1.99. The minimum Gasteiger partial charge on any atom is -0.490 e. The average Bonchev–Trinajstić information content (AvgIpc) is 2.28. The number of rotatable bonds is 3. The third kappa shape index (κ3) is 2.30. The predicted molar refractivity (Wildman–Crippen MR) is 67.2 cm³/mol. The Bertz CT molecular complexity index is 365. The van der Waals surface area contributed by atoms with Crippen molar-refractivity contribution in [3.05, 3.63) is 23.8 Å². The molecule has 0 aliphatic carbocycles. The SMILES string of the molecule is CCC(N)CN1CCOc2cc(C)ccc21. The zero-order chi connectivity index (χ0) is 11.5. The first kappa shape index (κ1) is 11.3. The first-order valence-electron chi connectivity index (χ1n) is 5.94. The molecule has 1 atom stereocenters. The van der Waals surface area contributed by atoms with Crippen LogP contribution in [0.5, 0.6) is 5.75 Å². The highest BCUT2D eigenvalue weighted by molar-refractivity contribution is 5.61. The summed E-state index contributed by atoms with van der Waals surface area (Å²) in [6.07, 6.45) is 1.01. The van der Waals surface area contributed by atoms with Crippen LogP contribution >= 0.6 is 0 Å². The summed E-state index contributed by atoms with van der Waals surface area (Å²) in [4.78, 5) is 2.33. The molecule has 0 fully saturated rings. The zero-order valence-corrected chi connectivity index (χ0v) is 10.1. The summed E-state index contributed by atoms with van der Waals surface area (Å²) in [7, 11) is 0. The van der Waals surface area contributed by atoms with Gasteiger partial charge in [0.25, 0.3) is 0 Å². The van der Waals surface area contributed by atoms with E-state index in [1.807, 2.05) is 0 Å². The molecule has 1 aliphatic heterocycles. The molecular formula is C13H20N2O. The summed E-state index contributed by atoms with van der Waals surface area (Å²) in [6, 6.07) is 6.59. The van der Waals surface area contributed by atoms with Gasteiger partial charge in [-0.2, -0.15) is 0 Å². The number of fused-ring (bicyclic) bond motifs is 1. The molecule has 2 rings (SSSR count). The van der Waals surface area contributed by atoms with E-state index in [0.29, 0.717) is 0 Å². The summed E-state index contributed by atoms with van der Waals surface area (Å²) < 4.78 is 5.67. The van der Waals surface area contributed by atoms with Gasteiger partial charge in [-0.3, -0.25) is 0 Å². The van der Waals surface area contributed by atoms with Crippen molar-refractivity contribution in [2.75, 3.05) is 24.6 Å². The van der Waals surface area contributed by atoms with Gasteiger partial charge in [0.2, 0.25) is 0 Å². The molecule has 1 unspecified atom stereocenters. The van der Waals surface area contributed by atoms with Gasteiger partial charge in [0.05, 0.1) is 12.2 Å². The number of ether oxygens (including phenoxy) is 1. The van der Waals surface area contributed by atoms with Gasteiger partial charge in [0.1, 0.15) is 12.4 Å². The normalized spacial score (nSPS) is 16.6. The molecule has 1 aromatic rings. The molecule has 0 saturated heterocycles. The molecule has 1 aromatic carbocycles.